The number of nitrogens with two attached hydrogens (primary N) is 1. The number of ether oxygens (including phenoxy) is 2. The minimum absolute atomic E-state index is 0.0174. The molecule has 0 saturated carbocycles. The Hall–Kier alpha value is -2.24. The molecule has 0 bridgehead atoms. The zero-order valence-corrected chi connectivity index (χ0v) is 13.2. The summed E-state index contributed by atoms with van der Waals surface area (Å²) in [7, 11) is 0. The second kappa shape index (κ2) is 6.68. The summed E-state index contributed by atoms with van der Waals surface area (Å²) in [6.07, 6.45) is 0.101. The van der Waals surface area contributed by atoms with Gasteiger partial charge >= 0.3 is 5.97 Å². The van der Waals surface area contributed by atoms with Crippen molar-refractivity contribution in [3.8, 4) is 5.75 Å². The lowest BCUT2D eigenvalue weighted by Gasteiger charge is -2.36. The van der Waals surface area contributed by atoms with Gasteiger partial charge in [0.25, 0.3) is 5.91 Å². The third-order valence-electron chi connectivity index (χ3n) is 3.42. The van der Waals surface area contributed by atoms with E-state index in [0.717, 1.165) is 6.42 Å². The Morgan fingerprint density at radius 1 is 1.45 bits per heavy atom. The summed E-state index contributed by atoms with van der Waals surface area (Å²) < 4.78 is 10.8. The highest BCUT2D eigenvalue weighted by Gasteiger charge is 2.38. The van der Waals surface area contributed by atoms with Crippen molar-refractivity contribution in [3.63, 3.8) is 0 Å². The van der Waals surface area contributed by atoms with Gasteiger partial charge in [0, 0.05) is 0 Å². The Labute approximate surface area is 130 Å². The van der Waals surface area contributed by atoms with Crippen LogP contribution in [-0.4, -0.2) is 31.1 Å². The summed E-state index contributed by atoms with van der Waals surface area (Å²) in [6, 6.07) is 5.18. The summed E-state index contributed by atoms with van der Waals surface area (Å²) in [5.41, 5.74) is 6.81. The predicted octanol–water partition coefficient (Wildman–Crippen LogP) is 1.97. The number of amides is 1. The molecule has 1 aromatic rings. The zero-order valence-electron chi connectivity index (χ0n) is 13.2. The molecule has 2 rings (SSSR count). The summed E-state index contributed by atoms with van der Waals surface area (Å²) >= 11 is 0. The predicted molar refractivity (Wildman–Crippen MR) is 83.7 cm³/mol. The summed E-state index contributed by atoms with van der Waals surface area (Å²) in [5.74, 6) is -0.222. The van der Waals surface area contributed by atoms with E-state index in [1.165, 1.54) is 4.90 Å². The number of carbonyl (C=O) groups excluding carboxylic acids is 2. The average Bonchev–Trinajstić information content (AvgIpc) is 2.47. The van der Waals surface area contributed by atoms with E-state index in [-0.39, 0.29) is 18.4 Å². The van der Waals surface area contributed by atoms with E-state index in [4.69, 9.17) is 15.2 Å². The highest BCUT2D eigenvalue weighted by molar-refractivity contribution is 6.05. The Morgan fingerprint density at radius 2 is 2.18 bits per heavy atom. The number of nitrogens with zero attached hydrogens (tertiary/aromatic N) is 1. The number of anilines is 2. The lowest BCUT2D eigenvalue weighted by atomic mass is 10.0. The highest BCUT2D eigenvalue weighted by Crippen LogP contribution is 2.39. The number of nitrogen functional groups attached to an aromatic ring is 1. The van der Waals surface area contributed by atoms with Crippen LogP contribution >= 0.6 is 0 Å². The van der Waals surface area contributed by atoms with Crippen LogP contribution in [0.25, 0.3) is 0 Å². The molecule has 0 fully saturated rings. The number of benzene rings is 1. The molecule has 1 aliphatic rings. The standard InChI is InChI=1S/C16H22N2O4/c1-4-8-21-13(19)9-18-14-11(17)6-5-7-12(14)22-15(10(2)3)16(18)20/h5-7,10,15H,4,8-9,17H2,1-3H3. The molecular formula is C16H22N2O4. The lowest BCUT2D eigenvalue weighted by Crippen LogP contribution is -2.50. The van der Waals surface area contributed by atoms with Crippen LogP contribution in [0.1, 0.15) is 27.2 Å². The van der Waals surface area contributed by atoms with Crippen molar-refractivity contribution < 1.29 is 19.1 Å². The molecule has 0 saturated heterocycles. The van der Waals surface area contributed by atoms with Gasteiger partial charge < -0.3 is 15.2 Å². The molecule has 6 nitrogen and oxygen atoms in total. The number of hydrogen-bond acceptors (Lipinski definition) is 5. The summed E-state index contributed by atoms with van der Waals surface area (Å²) in [4.78, 5) is 25.9. The van der Waals surface area contributed by atoms with Crippen LogP contribution in [0.4, 0.5) is 11.4 Å². The van der Waals surface area contributed by atoms with Crippen molar-refractivity contribution in [2.75, 3.05) is 23.8 Å². The molecule has 0 spiro atoms. The van der Waals surface area contributed by atoms with Crippen LogP contribution < -0.4 is 15.4 Å². The molecule has 0 aromatic heterocycles. The third-order valence-corrected chi connectivity index (χ3v) is 3.42. The van der Waals surface area contributed by atoms with E-state index in [2.05, 4.69) is 0 Å². The third kappa shape index (κ3) is 3.16. The maximum absolute atomic E-state index is 12.6. The molecule has 22 heavy (non-hydrogen) atoms. The molecule has 1 amide bonds. The molecule has 6 heteroatoms. The number of rotatable bonds is 5. The smallest absolute Gasteiger partial charge is 0.326 e. The zero-order chi connectivity index (χ0) is 16.3. The van der Waals surface area contributed by atoms with E-state index in [9.17, 15) is 9.59 Å². The van der Waals surface area contributed by atoms with Crippen molar-refractivity contribution in [1.82, 2.24) is 0 Å². The van der Waals surface area contributed by atoms with E-state index in [0.29, 0.717) is 23.7 Å². The Morgan fingerprint density at radius 3 is 2.82 bits per heavy atom. The van der Waals surface area contributed by atoms with E-state index >= 15 is 0 Å². The van der Waals surface area contributed by atoms with Gasteiger partial charge in [0.2, 0.25) is 0 Å². The molecule has 2 N–H and O–H groups in total. The van der Waals surface area contributed by atoms with Crippen LogP contribution in [0, 0.1) is 5.92 Å². The first-order valence-corrected chi connectivity index (χ1v) is 7.47. The molecule has 1 atom stereocenters. The number of fused-ring (bicyclic) bond motifs is 1. The van der Waals surface area contributed by atoms with Gasteiger partial charge in [-0.1, -0.05) is 26.8 Å². The Bertz CT molecular complexity index is 571. The van der Waals surface area contributed by atoms with Crippen LogP contribution in [0.2, 0.25) is 0 Å². The van der Waals surface area contributed by atoms with E-state index in [1.807, 2.05) is 20.8 Å². The first-order valence-electron chi connectivity index (χ1n) is 7.47. The average molecular weight is 306 g/mol. The molecule has 0 aliphatic carbocycles. The number of esters is 1. The van der Waals surface area contributed by atoms with Gasteiger partial charge in [-0.2, -0.15) is 0 Å². The maximum Gasteiger partial charge on any atom is 0.326 e. The summed E-state index contributed by atoms with van der Waals surface area (Å²) in [5, 5.41) is 0. The fourth-order valence-electron chi connectivity index (χ4n) is 2.34. The van der Waals surface area contributed by atoms with Crippen molar-refractivity contribution in [3.05, 3.63) is 18.2 Å². The van der Waals surface area contributed by atoms with Gasteiger partial charge in [0.15, 0.2) is 6.10 Å². The van der Waals surface area contributed by atoms with Gasteiger partial charge in [0.05, 0.1) is 12.3 Å². The molecule has 1 aromatic carbocycles. The Kier molecular flexibility index (Phi) is 4.90. The summed E-state index contributed by atoms with van der Waals surface area (Å²) in [6.45, 7) is 5.88. The maximum atomic E-state index is 12.6. The molecule has 1 unspecified atom stereocenters. The van der Waals surface area contributed by atoms with Gasteiger partial charge in [-0.15, -0.1) is 0 Å². The van der Waals surface area contributed by atoms with Crippen LogP contribution in [0.15, 0.2) is 18.2 Å². The molecule has 0 radical (unpaired) electrons. The van der Waals surface area contributed by atoms with Crippen molar-refractivity contribution in [1.29, 1.82) is 0 Å². The number of para-hydroxylation sites is 1. The number of carbonyl (C=O) groups is 2. The molecular weight excluding hydrogens is 284 g/mol. The highest BCUT2D eigenvalue weighted by atomic mass is 16.5. The fraction of sp³-hybridized carbons (Fsp3) is 0.500. The van der Waals surface area contributed by atoms with Gasteiger partial charge in [-0.05, 0) is 24.5 Å². The Balaban J connectivity index is 2.33. The van der Waals surface area contributed by atoms with E-state index in [1.54, 1.807) is 18.2 Å². The first-order chi connectivity index (χ1) is 10.5. The second-order valence-electron chi connectivity index (χ2n) is 5.62. The SMILES string of the molecule is CCCOC(=O)CN1C(=O)C(C(C)C)Oc2cccc(N)c21. The van der Waals surface area contributed by atoms with Crippen molar-refractivity contribution in [2.45, 2.75) is 33.3 Å². The second-order valence-corrected chi connectivity index (χ2v) is 5.62. The van der Waals surface area contributed by atoms with Gasteiger partial charge in [-0.25, -0.2) is 0 Å². The minimum Gasteiger partial charge on any atom is -0.478 e. The van der Waals surface area contributed by atoms with Gasteiger partial charge in [-0.3, -0.25) is 14.5 Å². The number of hydrogen-bond donors (Lipinski definition) is 1. The van der Waals surface area contributed by atoms with Crippen molar-refractivity contribution >= 4 is 23.3 Å². The fourth-order valence-corrected chi connectivity index (χ4v) is 2.34. The van der Waals surface area contributed by atoms with Gasteiger partial charge in [0.1, 0.15) is 18.0 Å². The lowest BCUT2D eigenvalue weighted by molar-refractivity contribution is -0.143. The normalized spacial score (nSPS) is 17.2. The molecule has 1 aliphatic heterocycles. The molecule has 120 valence electrons. The van der Waals surface area contributed by atoms with Crippen LogP contribution in [-0.2, 0) is 14.3 Å². The van der Waals surface area contributed by atoms with Crippen molar-refractivity contribution in [2.24, 2.45) is 5.92 Å². The quantitative estimate of drug-likeness (QED) is 0.664. The largest absolute Gasteiger partial charge is 0.478 e. The van der Waals surface area contributed by atoms with Crippen LogP contribution in [0.5, 0.6) is 5.75 Å². The molecule has 1 heterocycles. The minimum atomic E-state index is -0.631. The van der Waals surface area contributed by atoms with Crippen LogP contribution in [0.3, 0.4) is 0 Å². The van der Waals surface area contributed by atoms with E-state index < -0.39 is 12.1 Å². The first kappa shape index (κ1) is 16.1. The monoisotopic (exact) mass is 306 g/mol. The topological polar surface area (TPSA) is 81.9 Å².